The molecule has 0 aromatic heterocycles. The number of aryl methyl sites for hydroxylation is 1. The molecule has 0 aliphatic heterocycles. The molecule has 0 saturated heterocycles. The third-order valence-corrected chi connectivity index (χ3v) is 4.99. The summed E-state index contributed by atoms with van der Waals surface area (Å²) < 4.78 is 11.1. The fourth-order valence-electron chi connectivity index (χ4n) is 3.19. The summed E-state index contributed by atoms with van der Waals surface area (Å²) in [5.41, 5.74) is 1.11. The van der Waals surface area contributed by atoms with Crippen molar-refractivity contribution in [1.82, 2.24) is 0 Å². The number of hydrogen-bond acceptors (Lipinski definition) is 4. The summed E-state index contributed by atoms with van der Waals surface area (Å²) in [6, 6.07) is 5.60. The second-order valence-corrected chi connectivity index (χ2v) is 7.81. The highest BCUT2D eigenvalue weighted by atomic mass is 16.6. The summed E-state index contributed by atoms with van der Waals surface area (Å²) in [6.07, 6.45) is 13.4. The molecular formula is C25H40O4. The van der Waals surface area contributed by atoms with E-state index in [0.717, 1.165) is 76.2 Å². The Hall–Kier alpha value is -1.84. The van der Waals surface area contributed by atoms with Crippen molar-refractivity contribution in [2.24, 2.45) is 0 Å². The molecule has 0 aliphatic rings. The van der Waals surface area contributed by atoms with E-state index in [1.807, 2.05) is 12.1 Å². The van der Waals surface area contributed by atoms with Gasteiger partial charge in [0.2, 0.25) is 0 Å². The molecule has 0 radical (unpaired) electrons. The van der Waals surface area contributed by atoms with Crippen LogP contribution in [0.1, 0.15) is 110 Å². The van der Waals surface area contributed by atoms with Crippen LogP contribution >= 0.6 is 0 Å². The van der Waals surface area contributed by atoms with E-state index >= 15 is 0 Å². The van der Waals surface area contributed by atoms with Gasteiger partial charge in [-0.25, -0.2) is 0 Å². The number of carbonyl (C=O) groups excluding carboxylic acids is 2. The molecule has 0 fully saturated rings. The van der Waals surface area contributed by atoms with Crippen LogP contribution in [-0.4, -0.2) is 11.9 Å². The molecule has 29 heavy (non-hydrogen) atoms. The van der Waals surface area contributed by atoms with Gasteiger partial charge in [0, 0.05) is 12.8 Å². The van der Waals surface area contributed by atoms with E-state index in [2.05, 4.69) is 20.8 Å². The minimum absolute atomic E-state index is 0.257. The summed E-state index contributed by atoms with van der Waals surface area (Å²) in [5, 5.41) is 0. The van der Waals surface area contributed by atoms with Gasteiger partial charge in [-0.05, 0) is 43.4 Å². The van der Waals surface area contributed by atoms with Gasteiger partial charge in [-0.3, -0.25) is 9.59 Å². The summed E-state index contributed by atoms with van der Waals surface area (Å²) >= 11 is 0. The van der Waals surface area contributed by atoms with Crippen LogP contribution in [0.5, 0.6) is 11.5 Å². The second kappa shape index (κ2) is 16.0. The van der Waals surface area contributed by atoms with E-state index in [1.165, 1.54) is 6.42 Å². The lowest BCUT2D eigenvalue weighted by molar-refractivity contribution is -0.137. The number of carbonyl (C=O) groups is 2. The van der Waals surface area contributed by atoms with Crippen LogP contribution in [0.3, 0.4) is 0 Å². The fourth-order valence-corrected chi connectivity index (χ4v) is 3.19. The lowest BCUT2D eigenvalue weighted by Crippen LogP contribution is -2.12. The first-order valence-electron chi connectivity index (χ1n) is 11.6. The minimum Gasteiger partial charge on any atom is -0.423 e. The van der Waals surface area contributed by atoms with Crippen LogP contribution in [0.4, 0.5) is 0 Å². The Kier molecular flexibility index (Phi) is 13.9. The van der Waals surface area contributed by atoms with Gasteiger partial charge in [-0.2, -0.15) is 0 Å². The summed E-state index contributed by atoms with van der Waals surface area (Å²) in [5.74, 6) is 0.208. The van der Waals surface area contributed by atoms with Gasteiger partial charge in [0.1, 0.15) is 0 Å². The van der Waals surface area contributed by atoms with Crippen molar-refractivity contribution in [3.8, 4) is 11.5 Å². The quantitative estimate of drug-likeness (QED) is 0.166. The molecule has 0 N–H and O–H groups in total. The van der Waals surface area contributed by atoms with Gasteiger partial charge in [-0.1, -0.05) is 78.2 Å². The molecule has 4 heteroatoms. The Morgan fingerprint density at radius 1 is 0.655 bits per heavy atom. The Morgan fingerprint density at radius 3 is 1.72 bits per heavy atom. The molecule has 0 spiro atoms. The lowest BCUT2D eigenvalue weighted by atomic mass is 10.1. The monoisotopic (exact) mass is 404 g/mol. The van der Waals surface area contributed by atoms with Crippen LogP contribution in [0, 0.1) is 0 Å². The number of rotatable bonds is 16. The first kappa shape index (κ1) is 25.2. The van der Waals surface area contributed by atoms with Crippen molar-refractivity contribution in [1.29, 1.82) is 0 Å². The Morgan fingerprint density at radius 2 is 1.17 bits per heavy atom. The van der Waals surface area contributed by atoms with Crippen LogP contribution < -0.4 is 9.47 Å². The molecule has 164 valence electrons. The highest BCUT2D eigenvalue weighted by Gasteiger charge is 2.15. The first-order valence-corrected chi connectivity index (χ1v) is 11.6. The summed E-state index contributed by atoms with van der Waals surface area (Å²) in [4.78, 5) is 24.5. The third-order valence-electron chi connectivity index (χ3n) is 4.99. The van der Waals surface area contributed by atoms with Crippen molar-refractivity contribution in [3.05, 3.63) is 23.8 Å². The third kappa shape index (κ3) is 11.7. The van der Waals surface area contributed by atoms with Crippen LogP contribution in [0.25, 0.3) is 0 Å². The zero-order valence-corrected chi connectivity index (χ0v) is 18.8. The number of benzene rings is 1. The van der Waals surface area contributed by atoms with Crippen molar-refractivity contribution < 1.29 is 19.1 Å². The fraction of sp³-hybridized carbons (Fsp3) is 0.680. The van der Waals surface area contributed by atoms with Crippen molar-refractivity contribution in [2.45, 2.75) is 111 Å². The SMILES string of the molecule is CCCCCCC(=O)Oc1ccc(CCCCC)cc1OC(=O)CCCCCC. The van der Waals surface area contributed by atoms with Crippen molar-refractivity contribution >= 4 is 11.9 Å². The van der Waals surface area contributed by atoms with Gasteiger partial charge >= 0.3 is 11.9 Å². The predicted molar refractivity (Wildman–Crippen MR) is 118 cm³/mol. The highest BCUT2D eigenvalue weighted by Crippen LogP contribution is 2.30. The maximum atomic E-state index is 12.3. The van der Waals surface area contributed by atoms with E-state index in [0.29, 0.717) is 24.3 Å². The maximum absolute atomic E-state index is 12.3. The second-order valence-electron chi connectivity index (χ2n) is 7.81. The molecule has 0 bridgehead atoms. The zero-order chi connectivity index (χ0) is 21.3. The highest BCUT2D eigenvalue weighted by molar-refractivity contribution is 5.76. The smallest absolute Gasteiger partial charge is 0.311 e. The maximum Gasteiger partial charge on any atom is 0.311 e. The molecule has 0 atom stereocenters. The molecule has 0 unspecified atom stereocenters. The molecule has 0 heterocycles. The standard InChI is InChI=1S/C25H40O4/c1-4-7-10-13-16-24(26)28-22-19-18-21(15-12-9-6-3)20-23(22)29-25(27)17-14-11-8-5-2/h18-20H,4-17H2,1-3H3. The topological polar surface area (TPSA) is 52.6 Å². The van der Waals surface area contributed by atoms with Crippen LogP contribution in [0.15, 0.2) is 18.2 Å². The van der Waals surface area contributed by atoms with E-state index in [1.54, 1.807) is 6.07 Å². The first-order chi connectivity index (χ1) is 14.1. The Labute approximate surface area is 177 Å². The molecule has 0 amide bonds. The zero-order valence-electron chi connectivity index (χ0n) is 18.8. The average molecular weight is 405 g/mol. The van der Waals surface area contributed by atoms with E-state index in [-0.39, 0.29) is 11.9 Å². The van der Waals surface area contributed by atoms with E-state index in [9.17, 15) is 9.59 Å². The van der Waals surface area contributed by atoms with Gasteiger partial charge in [0.25, 0.3) is 0 Å². The summed E-state index contributed by atoms with van der Waals surface area (Å²) in [6.45, 7) is 6.46. The van der Waals surface area contributed by atoms with Crippen LogP contribution in [0.2, 0.25) is 0 Å². The Bertz CT molecular complexity index is 594. The van der Waals surface area contributed by atoms with Gasteiger partial charge in [0.05, 0.1) is 0 Å². The van der Waals surface area contributed by atoms with Crippen molar-refractivity contribution in [3.63, 3.8) is 0 Å². The molecular weight excluding hydrogens is 364 g/mol. The molecule has 4 nitrogen and oxygen atoms in total. The number of unbranched alkanes of at least 4 members (excludes halogenated alkanes) is 8. The largest absolute Gasteiger partial charge is 0.423 e. The number of esters is 2. The number of hydrogen-bond donors (Lipinski definition) is 0. The molecule has 0 aliphatic carbocycles. The van der Waals surface area contributed by atoms with Gasteiger partial charge in [0.15, 0.2) is 11.5 Å². The number of ether oxygens (including phenoxy) is 2. The van der Waals surface area contributed by atoms with Crippen molar-refractivity contribution in [2.75, 3.05) is 0 Å². The molecule has 1 aromatic carbocycles. The Balaban J connectivity index is 2.73. The molecule has 0 saturated carbocycles. The van der Waals surface area contributed by atoms with E-state index < -0.39 is 0 Å². The predicted octanol–water partition coefficient (Wildman–Crippen LogP) is 7.17. The minimum atomic E-state index is -0.264. The van der Waals surface area contributed by atoms with E-state index in [4.69, 9.17) is 9.47 Å². The average Bonchev–Trinajstić information content (AvgIpc) is 2.70. The van der Waals surface area contributed by atoms with Crippen LogP contribution in [-0.2, 0) is 16.0 Å². The molecule has 1 aromatic rings. The summed E-state index contributed by atoms with van der Waals surface area (Å²) in [7, 11) is 0. The van der Waals surface area contributed by atoms with Gasteiger partial charge < -0.3 is 9.47 Å². The normalized spacial score (nSPS) is 10.7. The van der Waals surface area contributed by atoms with Gasteiger partial charge in [-0.15, -0.1) is 0 Å². The molecule has 1 rings (SSSR count). The lowest BCUT2D eigenvalue weighted by Gasteiger charge is -2.12.